The normalized spacial score (nSPS) is 14.5. The van der Waals surface area contributed by atoms with E-state index in [0.29, 0.717) is 22.3 Å². The molecular weight excluding hydrogens is 773 g/mol. The molecule has 0 saturated heterocycles. The van der Waals surface area contributed by atoms with Gasteiger partial charge in [-0.15, -0.1) is 0 Å². The molecule has 6 nitrogen and oxygen atoms in total. The molecule has 0 spiro atoms. The van der Waals surface area contributed by atoms with Crippen LogP contribution in [0.2, 0.25) is 0 Å². The maximum Gasteiger partial charge on any atom is 0.164 e. The predicted molar refractivity (Wildman–Crippen MR) is 256 cm³/mol. The Balaban J connectivity index is 1.07. The maximum atomic E-state index is 9.74. The highest BCUT2D eigenvalue weighted by molar-refractivity contribution is 6.14. The van der Waals surface area contributed by atoms with E-state index in [2.05, 4.69) is 0 Å². The molecule has 0 aliphatic carbocycles. The first-order valence-corrected chi connectivity index (χ1v) is 20.1. The van der Waals surface area contributed by atoms with Gasteiger partial charge >= 0.3 is 0 Å². The zero-order chi connectivity index (χ0) is 51.9. The van der Waals surface area contributed by atoms with Gasteiger partial charge in [-0.05, 0) is 70.7 Å². The molecule has 0 fully saturated rings. The highest BCUT2D eigenvalue weighted by atomic mass is 16.3. The first kappa shape index (κ1) is 25.2. The molecule has 0 amide bonds. The molecule has 6 heteroatoms. The lowest BCUT2D eigenvalue weighted by Crippen LogP contribution is -2.00. The van der Waals surface area contributed by atoms with Crippen molar-refractivity contribution in [2.75, 3.05) is 0 Å². The van der Waals surface area contributed by atoms with Crippen LogP contribution in [0, 0.1) is 0 Å². The van der Waals surface area contributed by atoms with E-state index in [1.807, 2.05) is 121 Å². The van der Waals surface area contributed by atoms with Gasteiger partial charge in [0.25, 0.3) is 0 Å². The quantitative estimate of drug-likeness (QED) is 0.167. The van der Waals surface area contributed by atoms with Crippen LogP contribution in [0.1, 0.15) is 16.4 Å². The van der Waals surface area contributed by atoms with Crippen molar-refractivity contribution >= 4 is 65.7 Å². The topological polar surface area (TPSA) is 69.9 Å². The van der Waals surface area contributed by atoms with Crippen molar-refractivity contribution in [2.45, 2.75) is 0 Å². The Morgan fingerprint density at radius 3 is 1.87 bits per heavy atom. The van der Waals surface area contributed by atoms with Crippen LogP contribution in [0.25, 0.3) is 128 Å². The average Bonchev–Trinajstić information content (AvgIpc) is 4.12. The lowest BCUT2D eigenvalue weighted by atomic mass is 9.99. The predicted octanol–water partition coefficient (Wildman–Crippen LogP) is 15.1. The van der Waals surface area contributed by atoms with Crippen LogP contribution in [-0.4, -0.2) is 19.5 Å². The number of benzene rings is 9. The third-order valence-corrected chi connectivity index (χ3v) is 11.4. The summed E-state index contributed by atoms with van der Waals surface area (Å²) < 4.78 is 122. The lowest BCUT2D eigenvalue weighted by molar-refractivity contribution is 0.668. The largest absolute Gasteiger partial charge is 0.456 e. The first-order valence-electron chi connectivity index (χ1n) is 26.1. The van der Waals surface area contributed by atoms with Gasteiger partial charge in [0.2, 0.25) is 0 Å². The van der Waals surface area contributed by atoms with Crippen molar-refractivity contribution in [3.05, 3.63) is 206 Å². The zero-order valence-corrected chi connectivity index (χ0v) is 32.8. The second kappa shape index (κ2) is 14.0. The standard InChI is InChI=1S/C57H34N4O2/c1-3-13-35(14-4-1)36-25-27-38(28-26-36)55-58-56(39-29-31-44-51(33-39)62-49-23-11-19-41(53(44)49)37-15-5-2-6-16-37)60-57(59-55)46-20-12-24-50-54(46)45-32-30-40(34-52(45)63-50)61-47-21-9-7-17-42(47)43-18-8-10-22-48(43)61/h1-34H/i7D,8D,9D,12D,17D,18D,20D,21D,22D,24D,30D,34D. The molecule has 0 aliphatic rings. The molecular formula is C57H34N4O2. The fourth-order valence-corrected chi connectivity index (χ4v) is 8.50. The van der Waals surface area contributed by atoms with Gasteiger partial charge in [0.05, 0.1) is 27.5 Å². The van der Waals surface area contributed by atoms with Crippen LogP contribution >= 0.6 is 0 Å². The van der Waals surface area contributed by atoms with Gasteiger partial charge in [0.15, 0.2) is 17.5 Å². The Morgan fingerprint density at radius 2 is 1.03 bits per heavy atom. The van der Waals surface area contributed by atoms with Gasteiger partial charge in [-0.25, -0.2) is 15.0 Å². The number of furan rings is 2. The van der Waals surface area contributed by atoms with Crippen molar-refractivity contribution < 1.29 is 25.3 Å². The van der Waals surface area contributed by atoms with E-state index in [1.54, 1.807) is 0 Å². The van der Waals surface area contributed by atoms with E-state index in [4.69, 9.17) is 36.1 Å². The summed E-state index contributed by atoms with van der Waals surface area (Å²) in [5.41, 5.74) is 5.27. The summed E-state index contributed by atoms with van der Waals surface area (Å²) in [6.45, 7) is 0. The molecule has 0 bridgehead atoms. The molecule has 0 radical (unpaired) electrons. The van der Waals surface area contributed by atoms with E-state index in [-0.39, 0.29) is 90.6 Å². The van der Waals surface area contributed by atoms with Crippen LogP contribution in [0.15, 0.2) is 215 Å². The summed E-state index contributed by atoms with van der Waals surface area (Å²) in [4.78, 5) is 15.0. The Hall–Kier alpha value is -8.61. The van der Waals surface area contributed by atoms with Gasteiger partial charge in [0.1, 0.15) is 22.3 Å². The van der Waals surface area contributed by atoms with Crippen LogP contribution in [0.4, 0.5) is 0 Å². The van der Waals surface area contributed by atoms with E-state index < -0.39 is 54.4 Å². The van der Waals surface area contributed by atoms with E-state index in [0.717, 1.165) is 39.1 Å². The van der Waals surface area contributed by atoms with Crippen LogP contribution in [0.3, 0.4) is 0 Å². The SMILES string of the molecule is [2H]c1cc2c(oc3c([2H])c([2H])c([2H])c(-c4nc(-c5ccc(-c6ccccc6)cc5)nc(-c5ccc6c(c5)oc5cccc(-c7ccccc7)c56)n4)c32)c([2H])c1-n1c2c([2H])cc([2H])c([2H])c2c2c([2H])c([2H])c([2H])c([2H])c21. The molecule has 4 aromatic heterocycles. The van der Waals surface area contributed by atoms with Gasteiger partial charge in [-0.1, -0.05) is 151 Å². The summed E-state index contributed by atoms with van der Waals surface area (Å²) in [7, 11) is 0. The fourth-order valence-electron chi connectivity index (χ4n) is 8.50. The molecule has 9 aromatic carbocycles. The first-order chi connectivity index (χ1) is 36.2. The highest BCUT2D eigenvalue weighted by Crippen LogP contribution is 2.41. The Morgan fingerprint density at radius 1 is 0.381 bits per heavy atom. The summed E-state index contributed by atoms with van der Waals surface area (Å²) in [5, 5.41) is 1.65. The van der Waals surface area contributed by atoms with E-state index in [1.165, 1.54) is 10.6 Å². The average molecular weight is 819 g/mol. The number of fused-ring (bicyclic) bond motifs is 9. The van der Waals surface area contributed by atoms with Crippen molar-refractivity contribution in [1.29, 1.82) is 0 Å². The fraction of sp³-hybridized carbons (Fsp3) is 0. The molecule has 0 atom stereocenters. The molecule has 0 saturated carbocycles. The van der Waals surface area contributed by atoms with Gasteiger partial charge in [-0.2, -0.15) is 0 Å². The van der Waals surface area contributed by atoms with E-state index in [9.17, 15) is 4.11 Å². The minimum Gasteiger partial charge on any atom is -0.456 e. The molecule has 4 heterocycles. The summed E-state index contributed by atoms with van der Waals surface area (Å²) in [6, 6.07) is 35.7. The van der Waals surface area contributed by atoms with Crippen molar-refractivity contribution in [2.24, 2.45) is 0 Å². The van der Waals surface area contributed by atoms with Crippen molar-refractivity contribution in [3.63, 3.8) is 0 Å². The number of hydrogen-bond donors (Lipinski definition) is 0. The Labute approximate surface area is 377 Å². The highest BCUT2D eigenvalue weighted by Gasteiger charge is 2.21. The molecule has 0 unspecified atom stereocenters. The summed E-state index contributed by atoms with van der Waals surface area (Å²) in [6.07, 6.45) is 0. The number of aromatic nitrogens is 4. The minimum absolute atomic E-state index is 0.0410. The van der Waals surface area contributed by atoms with Crippen LogP contribution in [0.5, 0.6) is 0 Å². The molecule has 63 heavy (non-hydrogen) atoms. The van der Waals surface area contributed by atoms with Gasteiger partial charge in [-0.3, -0.25) is 0 Å². The van der Waals surface area contributed by atoms with Crippen LogP contribution < -0.4 is 0 Å². The summed E-state index contributed by atoms with van der Waals surface area (Å²) in [5.74, 6) is 0.327. The van der Waals surface area contributed by atoms with Gasteiger partial charge < -0.3 is 13.4 Å². The molecule has 13 rings (SSSR count). The Bertz CT molecular complexity index is 4620. The maximum absolute atomic E-state index is 9.74. The zero-order valence-electron chi connectivity index (χ0n) is 44.8. The number of hydrogen-bond acceptors (Lipinski definition) is 5. The number of para-hydroxylation sites is 2. The molecule has 13 aromatic rings. The summed E-state index contributed by atoms with van der Waals surface area (Å²) >= 11 is 0. The molecule has 0 N–H and O–H groups in total. The van der Waals surface area contributed by atoms with Crippen LogP contribution in [-0.2, 0) is 0 Å². The van der Waals surface area contributed by atoms with Crippen molar-refractivity contribution in [1.82, 2.24) is 19.5 Å². The molecule has 294 valence electrons. The number of rotatable bonds is 6. The third-order valence-electron chi connectivity index (χ3n) is 11.4. The van der Waals surface area contributed by atoms with Gasteiger partial charge in [0, 0.05) is 60.7 Å². The van der Waals surface area contributed by atoms with Crippen molar-refractivity contribution in [3.8, 4) is 62.1 Å². The Kier molecular flexibility index (Phi) is 5.60. The smallest absolute Gasteiger partial charge is 0.164 e. The second-order valence-corrected chi connectivity index (χ2v) is 15.0. The third kappa shape index (κ3) is 5.69. The monoisotopic (exact) mass is 818 g/mol. The second-order valence-electron chi connectivity index (χ2n) is 15.0. The lowest BCUT2D eigenvalue weighted by Gasteiger charge is -2.10. The molecule has 0 aliphatic heterocycles. The van der Waals surface area contributed by atoms with E-state index >= 15 is 0 Å². The minimum atomic E-state index is -0.629. The number of nitrogens with zero attached hydrogens (tertiary/aromatic N) is 4.